The molecule has 0 aliphatic heterocycles. The zero-order chi connectivity index (χ0) is 3.58. The van der Waals surface area contributed by atoms with Crippen molar-refractivity contribution < 1.29 is 33.7 Å². The molecule has 0 unspecified atom stereocenters. The molecule has 0 rings (SSSR count). The minimum Gasteiger partial charge on any atom is 0 e. The van der Waals surface area contributed by atoms with E-state index in [0.717, 1.165) is 0 Å². The zero-order valence-electron chi connectivity index (χ0n) is 2.34. The van der Waals surface area contributed by atoms with E-state index in [2.05, 4.69) is 0 Å². The van der Waals surface area contributed by atoms with Crippen LogP contribution in [0.25, 0.3) is 0 Å². The van der Waals surface area contributed by atoms with E-state index in [4.69, 9.17) is 30.3 Å². The van der Waals surface area contributed by atoms with Gasteiger partial charge in [-0.15, -0.1) is 0 Å². The third-order valence-corrected chi connectivity index (χ3v) is 0. The molecule has 0 heterocycles. The van der Waals surface area contributed by atoms with Gasteiger partial charge in [0, 0.05) is 17.1 Å². The van der Waals surface area contributed by atoms with Crippen LogP contribution in [0.15, 0.2) is 0 Å². The molecule has 0 aliphatic rings. The van der Waals surface area contributed by atoms with Crippen LogP contribution in [0.1, 0.15) is 0 Å². The predicted octanol–water partition coefficient (Wildman–Crippen LogP) is 1.24. The fourth-order valence-electron chi connectivity index (χ4n) is 0. The third kappa shape index (κ3) is 39.8. The average molecular weight is 236 g/mol. The van der Waals surface area contributed by atoms with Crippen LogP contribution in [0.3, 0.4) is 0 Å². The van der Waals surface area contributed by atoms with Gasteiger partial charge >= 0.3 is 41.5 Å². The van der Waals surface area contributed by atoms with Crippen LogP contribution < -0.4 is 0 Å². The molecule has 0 bridgehead atoms. The largest absolute Gasteiger partial charge is 0 e. The number of hydrogen-bond acceptors (Lipinski definition) is 0. The summed E-state index contributed by atoms with van der Waals surface area (Å²) in [6.45, 7) is 0. The van der Waals surface area contributed by atoms with Gasteiger partial charge in [0.15, 0.2) is 0 Å². The van der Waals surface area contributed by atoms with Crippen LogP contribution in [-0.2, 0) is 28.2 Å². The van der Waals surface area contributed by atoms with Gasteiger partial charge in [0.05, 0.1) is 0 Å². The molecule has 0 aromatic carbocycles. The Morgan fingerprint density at radius 1 is 1.00 bits per heavy atom. The Balaban J connectivity index is -0.0000000450. The van der Waals surface area contributed by atoms with Gasteiger partial charge in [-0.3, -0.25) is 0 Å². The van der Waals surface area contributed by atoms with Gasteiger partial charge in [-0.05, 0) is 0 Å². The number of halogens is 3. The summed E-state index contributed by atoms with van der Waals surface area (Å²) in [6, 6.07) is 0. The summed E-state index contributed by atoms with van der Waals surface area (Å²) < 4.78 is 0. The normalized spacial score (nSPS) is 7.50. The monoisotopic (exact) mass is 235 g/mol. The van der Waals surface area contributed by atoms with Crippen molar-refractivity contribution in [3.8, 4) is 0 Å². The van der Waals surface area contributed by atoms with E-state index in [0.29, 0.717) is 0 Å². The first kappa shape index (κ1) is 15.7. The van der Waals surface area contributed by atoms with Gasteiger partial charge in [0.1, 0.15) is 0 Å². The second-order valence-electron chi connectivity index (χ2n) is 0.152. The molecule has 0 aliphatic carbocycles. The SMILES string of the molecule is O.[Cl][Fe]([Cl])[Cl].[Fe]. The molecule has 6 heteroatoms. The van der Waals surface area contributed by atoms with Crippen molar-refractivity contribution in [1.82, 2.24) is 0 Å². The summed E-state index contributed by atoms with van der Waals surface area (Å²) in [4.78, 5) is 0. The number of hydrogen-bond donors (Lipinski definition) is 0. The van der Waals surface area contributed by atoms with Gasteiger partial charge < -0.3 is 5.48 Å². The van der Waals surface area contributed by atoms with E-state index in [-0.39, 0.29) is 22.5 Å². The van der Waals surface area contributed by atoms with E-state index < -0.39 is 11.2 Å². The Morgan fingerprint density at radius 2 is 1.00 bits per heavy atom. The Kier molecular flexibility index (Phi) is 26.1. The smallest absolute Gasteiger partial charge is 0 e. The minimum atomic E-state index is -1.33. The minimum absolute atomic E-state index is 0. The number of rotatable bonds is 0. The molecule has 1 nitrogen and oxygen atoms in total. The molecule has 0 aromatic heterocycles. The van der Waals surface area contributed by atoms with E-state index >= 15 is 0 Å². The molecule has 0 fully saturated rings. The molecule has 0 saturated heterocycles. The third-order valence-electron chi connectivity index (χ3n) is 0. The maximum atomic E-state index is 4.89. The van der Waals surface area contributed by atoms with Crippen molar-refractivity contribution in [2.24, 2.45) is 0 Å². The van der Waals surface area contributed by atoms with Crippen LogP contribution in [0.4, 0.5) is 0 Å². The van der Waals surface area contributed by atoms with E-state index in [9.17, 15) is 0 Å². The second-order valence-corrected chi connectivity index (χ2v) is 5.62. The van der Waals surface area contributed by atoms with Crippen LogP contribution in [0.2, 0.25) is 0 Å². The molecule has 45 valence electrons. The Hall–Kier alpha value is 1.87. The first-order valence-electron chi connectivity index (χ1n) is 0.401. The van der Waals surface area contributed by atoms with Crippen molar-refractivity contribution in [3.05, 3.63) is 0 Å². The summed E-state index contributed by atoms with van der Waals surface area (Å²) in [7, 11) is 14.7. The summed E-state index contributed by atoms with van der Waals surface area (Å²) >= 11 is -1.33. The molecule has 0 aromatic rings. The van der Waals surface area contributed by atoms with Crippen molar-refractivity contribution in [3.63, 3.8) is 0 Å². The van der Waals surface area contributed by atoms with Gasteiger partial charge in [0.2, 0.25) is 0 Å². The van der Waals surface area contributed by atoms with E-state index in [1.54, 1.807) is 0 Å². The molecule has 0 radical (unpaired) electrons. The van der Waals surface area contributed by atoms with Gasteiger partial charge in [-0.1, -0.05) is 0 Å². The Labute approximate surface area is 63.7 Å². The Morgan fingerprint density at radius 3 is 1.00 bits per heavy atom. The zero-order valence-corrected chi connectivity index (χ0v) is 6.82. The van der Waals surface area contributed by atoms with Crippen molar-refractivity contribution in [1.29, 1.82) is 0 Å². The molecule has 0 spiro atoms. The fraction of sp³-hybridized carbons (Fsp3) is 0. The maximum absolute atomic E-state index is 4.89. The topological polar surface area (TPSA) is 31.5 Å². The van der Waals surface area contributed by atoms with Crippen molar-refractivity contribution in [2.75, 3.05) is 0 Å². The Bertz CT molecular complexity index is 13.5. The van der Waals surface area contributed by atoms with Crippen molar-refractivity contribution in [2.45, 2.75) is 0 Å². The fourth-order valence-corrected chi connectivity index (χ4v) is 0. The van der Waals surface area contributed by atoms with Crippen LogP contribution in [-0.4, -0.2) is 5.48 Å². The molecular weight excluding hydrogens is 234 g/mol. The quantitative estimate of drug-likeness (QED) is 0.567. The maximum Gasteiger partial charge on any atom is 0 e. The standard InChI is InChI=1S/3ClH.2Fe.H2O/h3*1H;;;1H2/q;;;;+3;/p-3. The van der Waals surface area contributed by atoms with Crippen LogP contribution in [0.5, 0.6) is 0 Å². The van der Waals surface area contributed by atoms with Gasteiger partial charge in [-0.25, -0.2) is 0 Å². The predicted molar refractivity (Wildman–Crippen MR) is 21.2 cm³/mol. The summed E-state index contributed by atoms with van der Waals surface area (Å²) in [5.74, 6) is 0. The molecular formula is H2Cl3Fe2O. The van der Waals surface area contributed by atoms with Gasteiger partial charge in [-0.2, -0.15) is 0 Å². The first-order valence-corrected chi connectivity index (χ1v) is 4.96. The summed E-state index contributed by atoms with van der Waals surface area (Å²) in [5, 5.41) is 0. The molecule has 0 atom stereocenters. The summed E-state index contributed by atoms with van der Waals surface area (Å²) in [6.07, 6.45) is 0. The van der Waals surface area contributed by atoms with E-state index in [1.807, 2.05) is 0 Å². The van der Waals surface area contributed by atoms with Gasteiger partial charge in [0.25, 0.3) is 0 Å². The molecule has 0 amide bonds. The molecule has 0 saturated carbocycles. The van der Waals surface area contributed by atoms with Crippen LogP contribution in [0, 0.1) is 0 Å². The average Bonchev–Trinajstić information content (AvgIpc) is 0.811. The molecule has 2 N–H and O–H groups in total. The van der Waals surface area contributed by atoms with Crippen LogP contribution >= 0.6 is 30.3 Å². The van der Waals surface area contributed by atoms with E-state index in [1.165, 1.54) is 0 Å². The first-order chi connectivity index (χ1) is 1.73. The summed E-state index contributed by atoms with van der Waals surface area (Å²) in [5.41, 5.74) is 0. The second kappa shape index (κ2) is 9.98. The van der Waals surface area contributed by atoms with Crippen molar-refractivity contribution >= 4 is 30.3 Å². The molecule has 6 heavy (non-hydrogen) atoms.